The van der Waals surface area contributed by atoms with Crippen molar-refractivity contribution in [1.82, 2.24) is 0 Å². The molecule has 0 saturated carbocycles. The highest BCUT2D eigenvalue weighted by Gasteiger charge is 2.18. The maximum atomic E-state index is 13.7. The van der Waals surface area contributed by atoms with Gasteiger partial charge in [0, 0.05) is 10.5 Å². The zero-order chi connectivity index (χ0) is 13.5. The van der Waals surface area contributed by atoms with Crippen LogP contribution in [0.4, 0.5) is 4.39 Å². The van der Waals surface area contributed by atoms with Crippen LogP contribution < -0.4 is 5.73 Å². The lowest BCUT2D eigenvalue weighted by atomic mass is 9.87. The van der Waals surface area contributed by atoms with E-state index < -0.39 is 0 Å². The molecule has 0 spiro atoms. The monoisotopic (exact) mass is 315 g/mol. The van der Waals surface area contributed by atoms with Crippen molar-refractivity contribution >= 4 is 15.9 Å². The van der Waals surface area contributed by atoms with E-state index in [1.807, 2.05) is 6.07 Å². The zero-order valence-electron chi connectivity index (χ0n) is 11.3. The molecule has 1 rings (SSSR count). The van der Waals surface area contributed by atoms with Crippen LogP contribution in [0.5, 0.6) is 0 Å². The maximum absolute atomic E-state index is 13.7. The number of rotatable bonds is 7. The lowest BCUT2D eigenvalue weighted by Crippen LogP contribution is -2.32. The van der Waals surface area contributed by atoms with Crippen LogP contribution in [0.3, 0.4) is 0 Å². The minimum Gasteiger partial charge on any atom is -0.327 e. The van der Waals surface area contributed by atoms with Gasteiger partial charge >= 0.3 is 0 Å². The number of hydrogen-bond acceptors (Lipinski definition) is 1. The topological polar surface area (TPSA) is 26.0 Å². The molecular formula is C15H23BrFN. The third kappa shape index (κ3) is 4.69. The molecule has 0 aliphatic carbocycles. The Morgan fingerprint density at radius 1 is 1.22 bits per heavy atom. The number of nitrogens with two attached hydrogens (primary N) is 1. The Labute approximate surface area is 118 Å². The average Bonchev–Trinajstić information content (AvgIpc) is 2.33. The summed E-state index contributed by atoms with van der Waals surface area (Å²) in [5.41, 5.74) is 6.98. The fourth-order valence-electron chi connectivity index (χ4n) is 2.43. The molecule has 0 saturated heterocycles. The second-order valence-corrected chi connectivity index (χ2v) is 5.86. The molecule has 0 heterocycles. The van der Waals surface area contributed by atoms with Gasteiger partial charge in [-0.15, -0.1) is 0 Å². The number of benzene rings is 1. The van der Waals surface area contributed by atoms with Gasteiger partial charge in [0.1, 0.15) is 5.82 Å². The second-order valence-electron chi connectivity index (χ2n) is 4.94. The lowest BCUT2D eigenvalue weighted by Gasteiger charge is -2.23. The lowest BCUT2D eigenvalue weighted by molar-refractivity contribution is 0.357. The molecule has 2 N–H and O–H groups in total. The van der Waals surface area contributed by atoms with E-state index in [0.29, 0.717) is 17.9 Å². The molecule has 1 aromatic carbocycles. The molecular weight excluding hydrogens is 293 g/mol. The summed E-state index contributed by atoms with van der Waals surface area (Å²) in [5.74, 6) is 0.346. The first-order chi connectivity index (χ1) is 8.58. The molecule has 1 nitrogen and oxygen atoms in total. The summed E-state index contributed by atoms with van der Waals surface area (Å²) >= 11 is 3.38. The summed E-state index contributed by atoms with van der Waals surface area (Å²) in [7, 11) is 0. The van der Waals surface area contributed by atoms with Crippen LogP contribution in [0.15, 0.2) is 22.7 Å². The largest absolute Gasteiger partial charge is 0.327 e. The first-order valence-corrected chi connectivity index (χ1v) is 7.57. The minimum absolute atomic E-state index is 0.0497. The van der Waals surface area contributed by atoms with Gasteiger partial charge in [-0.2, -0.15) is 0 Å². The summed E-state index contributed by atoms with van der Waals surface area (Å²) in [6.45, 7) is 4.35. The Hall–Kier alpha value is -0.410. The predicted molar refractivity (Wildman–Crippen MR) is 79.1 cm³/mol. The van der Waals surface area contributed by atoms with Crippen molar-refractivity contribution < 1.29 is 4.39 Å². The molecule has 0 radical (unpaired) electrons. The van der Waals surface area contributed by atoms with Crippen LogP contribution in [0.2, 0.25) is 0 Å². The number of halogens is 2. The molecule has 0 amide bonds. The van der Waals surface area contributed by atoms with Crippen LogP contribution in [-0.4, -0.2) is 6.04 Å². The zero-order valence-corrected chi connectivity index (χ0v) is 12.8. The van der Waals surface area contributed by atoms with Crippen LogP contribution >= 0.6 is 15.9 Å². The minimum atomic E-state index is -0.152. The molecule has 1 atom stereocenters. The van der Waals surface area contributed by atoms with Crippen LogP contribution in [0.25, 0.3) is 0 Å². The van der Waals surface area contributed by atoms with Gasteiger partial charge in [0.15, 0.2) is 0 Å². The Bertz CT molecular complexity index is 362. The molecule has 1 aromatic rings. The predicted octanol–water partition coefficient (Wildman–Crippen LogP) is 4.67. The normalized spacial score (nSPS) is 13.0. The van der Waals surface area contributed by atoms with Gasteiger partial charge in [0.25, 0.3) is 0 Å². The molecule has 0 aliphatic rings. The van der Waals surface area contributed by atoms with Crippen molar-refractivity contribution in [2.75, 3.05) is 0 Å². The van der Waals surface area contributed by atoms with Crippen molar-refractivity contribution in [2.45, 2.75) is 52.0 Å². The smallest absolute Gasteiger partial charge is 0.126 e. The van der Waals surface area contributed by atoms with Crippen molar-refractivity contribution in [3.8, 4) is 0 Å². The third-order valence-electron chi connectivity index (χ3n) is 3.39. The highest BCUT2D eigenvalue weighted by molar-refractivity contribution is 9.10. The van der Waals surface area contributed by atoms with Crippen molar-refractivity contribution in [1.29, 1.82) is 0 Å². The van der Waals surface area contributed by atoms with Crippen LogP contribution in [0, 0.1) is 11.7 Å². The van der Waals surface area contributed by atoms with Gasteiger partial charge in [-0.25, -0.2) is 4.39 Å². The molecule has 18 heavy (non-hydrogen) atoms. The third-order valence-corrected chi connectivity index (χ3v) is 3.88. The van der Waals surface area contributed by atoms with Gasteiger partial charge in [0.2, 0.25) is 0 Å². The maximum Gasteiger partial charge on any atom is 0.126 e. The molecule has 0 fully saturated rings. The molecule has 0 aromatic heterocycles. The van der Waals surface area contributed by atoms with Crippen LogP contribution in [0.1, 0.15) is 45.1 Å². The summed E-state index contributed by atoms with van der Waals surface area (Å²) < 4.78 is 14.6. The van der Waals surface area contributed by atoms with Gasteiger partial charge in [-0.3, -0.25) is 0 Å². The van der Waals surface area contributed by atoms with Crippen LogP contribution in [-0.2, 0) is 6.42 Å². The van der Waals surface area contributed by atoms with E-state index in [1.165, 1.54) is 6.07 Å². The first-order valence-electron chi connectivity index (χ1n) is 6.78. The fraction of sp³-hybridized carbons (Fsp3) is 0.600. The molecule has 0 aliphatic heterocycles. The summed E-state index contributed by atoms with van der Waals surface area (Å²) in [4.78, 5) is 0. The summed E-state index contributed by atoms with van der Waals surface area (Å²) in [6.07, 6.45) is 5.16. The fourth-order valence-corrected chi connectivity index (χ4v) is 2.84. The van der Waals surface area contributed by atoms with Gasteiger partial charge in [-0.05, 0) is 48.9 Å². The Kier molecular flexibility index (Phi) is 6.87. The first kappa shape index (κ1) is 15.6. The van der Waals surface area contributed by atoms with Crippen molar-refractivity contribution in [2.24, 2.45) is 11.7 Å². The highest BCUT2D eigenvalue weighted by atomic mass is 79.9. The SMILES string of the molecule is CCCC(CCC)C(N)Cc1cc(Br)ccc1F. The summed E-state index contributed by atoms with van der Waals surface area (Å²) in [6, 6.07) is 5.11. The Morgan fingerprint density at radius 3 is 2.39 bits per heavy atom. The van der Waals surface area contributed by atoms with Gasteiger partial charge in [0.05, 0.1) is 0 Å². The molecule has 3 heteroatoms. The van der Waals surface area contributed by atoms with E-state index in [0.717, 1.165) is 30.2 Å². The molecule has 0 bridgehead atoms. The molecule has 102 valence electrons. The van der Waals surface area contributed by atoms with Gasteiger partial charge in [-0.1, -0.05) is 42.6 Å². The van der Waals surface area contributed by atoms with Gasteiger partial charge < -0.3 is 5.73 Å². The van der Waals surface area contributed by atoms with E-state index in [4.69, 9.17) is 5.73 Å². The molecule has 1 unspecified atom stereocenters. The van der Waals surface area contributed by atoms with E-state index in [2.05, 4.69) is 29.8 Å². The van der Waals surface area contributed by atoms with Crippen molar-refractivity contribution in [3.63, 3.8) is 0 Å². The summed E-state index contributed by atoms with van der Waals surface area (Å²) in [5, 5.41) is 0. The standard InChI is InChI=1S/C15H23BrFN/c1-3-5-11(6-4-2)15(18)10-12-9-13(16)7-8-14(12)17/h7-9,11,15H,3-6,10,18H2,1-2H3. The highest BCUT2D eigenvalue weighted by Crippen LogP contribution is 2.22. The Balaban J connectivity index is 2.71. The number of hydrogen-bond donors (Lipinski definition) is 1. The van der Waals surface area contributed by atoms with Crippen molar-refractivity contribution in [3.05, 3.63) is 34.1 Å². The van der Waals surface area contributed by atoms with E-state index in [-0.39, 0.29) is 11.9 Å². The van der Waals surface area contributed by atoms with E-state index in [1.54, 1.807) is 6.07 Å². The second kappa shape index (κ2) is 7.90. The van der Waals surface area contributed by atoms with E-state index >= 15 is 0 Å². The quantitative estimate of drug-likeness (QED) is 0.777. The average molecular weight is 316 g/mol. The van der Waals surface area contributed by atoms with E-state index in [9.17, 15) is 4.39 Å². The Morgan fingerprint density at radius 2 is 1.83 bits per heavy atom.